The number of ether oxygens (including phenoxy) is 1. The highest BCUT2D eigenvalue weighted by molar-refractivity contribution is 6.30. The van der Waals surface area contributed by atoms with E-state index in [2.05, 4.69) is 0 Å². The first-order valence-electron chi connectivity index (χ1n) is 8.73. The van der Waals surface area contributed by atoms with E-state index in [0.29, 0.717) is 17.1 Å². The molecule has 5 rings (SSSR count). The van der Waals surface area contributed by atoms with Crippen molar-refractivity contribution in [3.63, 3.8) is 0 Å². The fraction of sp³-hybridized carbons (Fsp3) is 0.238. The summed E-state index contributed by atoms with van der Waals surface area (Å²) < 4.78 is 6.40. The number of aliphatic carboxylic acids is 1. The molecule has 0 aromatic heterocycles. The largest absolute Gasteiger partial charge is 0.481 e. The number of anilines is 1. The number of rotatable bonds is 3. The van der Waals surface area contributed by atoms with Gasteiger partial charge in [-0.15, -0.1) is 0 Å². The van der Waals surface area contributed by atoms with Crippen molar-refractivity contribution in [1.82, 2.24) is 0 Å². The fourth-order valence-electron chi connectivity index (χ4n) is 4.74. The highest BCUT2D eigenvalue weighted by atomic mass is 35.5. The number of halogens is 1. The van der Waals surface area contributed by atoms with E-state index < -0.39 is 29.0 Å². The van der Waals surface area contributed by atoms with E-state index in [4.69, 9.17) is 16.3 Å². The molecule has 1 amide bonds. The van der Waals surface area contributed by atoms with Gasteiger partial charge in [0.2, 0.25) is 5.91 Å². The van der Waals surface area contributed by atoms with Crippen molar-refractivity contribution in [2.24, 2.45) is 11.8 Å². The number of hydrogen-bond acceptors (Lipinski definition) is 3. The SMILES string of the molecule is O=C(O)C1C2C(=O)N(c3ccccc3)CC23C=CC1(c1ccc(Cl)cc1)O3. The normalized spacial score (nSPS) is 33.5. The Labute approximate surface area is 160 Å². The third-order valence-electron chi connectivity index (χ3n) is 5.86. The Bertz CT molecular complexity index is 973. The molecule has 2 fully saturated rings. The molecule has 0 radical (unpaired) electrons. The third kappa shape index (κ3) is 2.10. The molecule has 6 heteroatoms. The number of benzene rings is 2. The van der Waals surface area contributed by atoms with Gasteiger partial charge in [-0.25, -0.2) is 0 Å². The van der Waals surface area contributed by atoms with Gasteiger partial charge in [-0.3, -0.25) is 9.59 Å². The van der Waals surface area contributed by atoms with Crippen molar-refractivity contribution in [3.8, 4) is 0 Å². The zero-order valence-corrected chi connectivity index (χ0v) is 15.0. The van der Waals surface area contributed by atoms with Crippen LogP contribution in [0.25, 0.3) is 0 Å². The fourth-order valence-corrected chi connectivity index (χ4v) is 4.86. The van der Waals surface area contributed by atoms with E-state index in [1.54, 1.807) is 35.2 Å². The average Bonchev–Trinajstić information content (AvgIpc) is 3.28. The lowest BCUT2D eigenvalue weighted by Crippen LogP contribution is -2.43. The predicted molar refractivity (Wildman–Crippen MR) is 99.5 cm³/mol. The van der Waals surface area contributed by atoms with Gasteiger partial charge >= 0.3 is 5.97 Å². The van der Waals surface area contributed by atoms with Gasteiger partial charge in [0.25, 0.3) is 0 Å². The molecule has 2 aromatic carbocycles. The van der Waals surface area contributed by atoms with E-state index in [1.807, 2.05) is 36.4 Å². The van der Waals surface area contributed by atoms with E-state index in [1.165, 1.54) is 0 Å². The van der Waals surface area contributed by atoms with Crippen LogP contribution in [0.4, 0.5) is 5.69 Å². The molecule has 136 valence electrons. The summed E-state index contributed by atoms with van der Waals surface area (Å²) in [4.78, 5) is 27.1. The van der Waals surface area contributed by atoms with Gasteiger partial charge in [-0.1, -0.05) is 48.0 Å². The first kappa shape index (κ1) is 16.5. The van der Waals surface area contributed by atoms with Crippen molar-refractivity contribution < 1.29 is 19.4 Å². The lowest BCUT2D eigenvalue weighted by molar-refractivity contribution is -0.149. The van der Waals surface area contributed by atoms with Crippen LogP contribution in [0.1, 0.15) is 5.56 Å². The molecular weight excluding hydrogens is 366 g/mol. The average molecular weight is 382 g/mol. The second-order valence-electron chi connectivity index (χ2n) is 7.24. The zero-order valence-electron chi connectivity index (χ0n) is 14.2. The number of fused-ring (bicyclic) bond motifs is 1. The van der Waals surface area contributed by atoms with Crippen LogP contribution >= 0.6 is 11.6 Å². The second-order valence-corrected chi connectivity index (χ2v) is 7.68. The molecule has 5 nitrogen and oxygen atoms in total. The Morgan fingerprint density at radius 3 is 2.48 bits per heavy atom. The minimum absolute atomic E-state index is 0.214. The molecule has 4 atom stereocenters. The lowest BCUT2D eigenvalue weighted by Gasteiger charge is -2.31. The number of carboxylic acid groups (broad SMARTS) is 1. The van der Waals surface area contributed by atoms with Crippen molar-refractivity contribution in [2.75, 3.05) is 11.4 Å². The number of carbonyl (C=O) groups excluding carboxylic acids is 1. The summed E-state index contributed by atoms with van der Waals surface area (Å²) in [5, 5.41) is 10.6. The highest BCUT2D eigenvalue weighted by Gasteiger charge is 2.73. The smallest absolute Gasteiger partial charge is 0.311 e. The molecule has 1 N–H and O–H groups in total. The summed E-state index contributed by atoms with van der Waals surface area (Å²) in [5.41, 5.74) is -0.646. The Kier molecular flexibility index (Phi) is 3.33. The third-order valence-corrected chi connectivity index (χ3v) is 6.11. The van der Waals surface area contributed by atoms with Crippen LogP contribution in [0.2, 0.25) is 5.02 Å². The summed E-state index contributed by atoms with van der Waals surface area (Å²) in [5.74, 6) is -3.01. The molecule has 27 heavy (non-hydrogen) atoms. The quantitative estimate of drug-likeness (QED) is 0.829. The van der Waals surface area contributed by atoms with Crippen LogP contribution in [0.5, 0.6) is 0 Å². The van der Waals surface area contributed by atoms with E-state index >= 15 is 0 Å². The predicted octanol–water partition coefficient (Wildman–Crippen LogP) is 3.24. The Balaban J connectivity index is 1.61. The first-order chi connectivity index (χ1) is 13.0. The van der Waals surface area contributed by atoms with Gasteiger partial charge in [0, 0.05) is 10.7 Å². The van der Waals surface area contributed by atoms with Crippen LogP contribution in [-0.4, -0.2) is 29.1 Å². The molecule has 0 saturated carbocycles. The minimum atomic E-state index is -1.15. The molecule has 1 spiro atoms. The number of hydrogen-bond donors (Lipinski definition) is 1. The lowest BCUT2D eigenvalue weighted by atomic mass is 9.69. The van der Waals surface area contributed by atoms with Crippen LogP contribution in [-0.2, 0) is 19.9 Å². The maximum absolute atomic E-state index is 13.2. The van der Waals surface area contributed by atoms with Crippen LogP contribution < -0.4 is 4.90 Å². The van der Waals surface area contributed by atoms with E-state index in [-0.39, 0.29) is 5.91 Å². The summed E-state index contributed by atoms with van der Waals surface area (Å²) in [6, 6.07) is 16.2. The number of carbonyl (C=O) groups is 2. The number of carboxylic acids is 1. The van der Waals surface area contributed by atoms with Gasteiger partial charge in [-0.05, 0) is 35.9 Å². The van der Waals surface area contributed by atoms with Crippen molar-refractivity contribution in [2.45, 2.75) is 11.2 Å². The van der Waals surface area contributed by atoms with Gasteiger partial charge in [0.1, 0.15) is 17.1 Å². The summed E-state index contributed by atoms with van der Waals surface area (Å²) >= 11 is 5.98. The molecule has 3 heterocycles. The van der Waals surface area contributed by atoms with E-state index in [9.17, 15) is 14.7 Å². The molecule has 2 saturated heterocycles. The van der Waals surface area contributed by atoms with Crippen molar-refractivity contribution >= 4 is 29.2 Å². The first-order valence-corrected chi connectivity index (χ1v) is 9.10. The van der Waals surface area contributed by atoms with Gasteiger partial charge < -0.3 is 14.7 Å². The van der Waals surface area contributed by atoms with Crippen LogP contribution in [0.3, 0.4) is 0 Å². The van der Waals surface area contributed by atoms with Crippen molar-refractivity contribution in [3.05, 3.63) is 77.3 Å². The van der Waals surface area contributed by atoms with E-state index in [0.717, 1.165) is 5.69 Å². The number of para-hydroxylation sites is 1. The summed E-state index contributed by atoms with van der Waals surface area (Å²) in [7, 11) is 0. The molecule has 3 aliphatic rings. The summed E-state index contributed by atoms with van der Waals surface area (Å²) in [6.07, 6.45) is 3.67. The van der Waals surface area contributed by atoms with Gasteiger partial charge in [-0.2, -0.15) is 0 Å². The van der Waals surface area contributed by atoms with Gasteiger partial charge in [0.05, 0.1) is 12.5 Å². The molecular formula is C21H16ClNO4. The second kappa shape index (κ2) is 5.44. The maximum Gasteiger partial charge on any atom is 0.311 e. The minimum Gasteiger partial charge on any atom is -0.481 e. The molecule has 2 bridgehead atoms. The van der Waals surface area contributed by atoms with Gasteiger partial charge in [0.15, 0.2) is 0 Å². The maximum atomic E-state index is 13.2. The Hall–Kier alpha value is -2.63. The van der Waals surface area contributed by atoms with Crippen LogP contribution in [0, 0.1) is 11.8 Å². The monoisotopic (exact) mass is 381 g/mol. The highest BCUT2D eigenvalue weighted by Crippen LogP contribution is 2.61. The molecule has 0 aliphatic carbocycles. The molecule has 2 aromatic rings. The zero-order chi connectivity index (χ0) is 18.8. The molecule has 3 aliphatic heterocycles. The Morgan fingerprint density at radius 1 is 1.11 bits per heavy atom. The molecule has 4 unspecified atom stereocenters. The topological polar surface area (TPSA) is 66.8 Å². The number of amides is 1. The summed E-state index contributed by atoms with van der Waals surface area (Å²) in [6.45, 7) is 0.302. The van der Waals surface area contributed by atoms with Crippen molar-refractivity contribution in [1.29, 1.82) is 0 Å². The number of nitrogens with zero attached hydrogens (tertiary/aromatic N) is 1. The van der Waals surface area contributed by atoms with Crippen LogP contribution in [0.15, 0.2) is 66.7 Å². The Morgan fingerprint density at radius 2 is 1.81 bits per heavy atom. The standard InChI is InChI=1S/C21H16ClNO4/c22-14-8-6-13(7-9-14)21-11-10-20(27-21)12-23(15-4-2-1-3-5-15)18(24)16(20)17(21)19(25)26/h1-11,16-17H,12H2,(H,25,26).